The zero-order chi connectivity index (χ0) is 28.0. The minimum absolute atomic E-state index is 0.181. The Bertz CT molecular complexity index is 904. The van der Waals surface area contributed by atoms with Gasteiger partial charge in [0.15, 0.2) is 0 Å². The minimum Gasteiger partial charge on any atom is -0.266 e. The van der Waals surface area contributed by atoms with Crippen LogP contribution in [0, 0.1) is 13.8 Å². The summed E-state index contributed by atoms with van der Waals surface area (Å²) in [5, 5.41) is 0. The summed E-state index contributed by atoms with van der Waals surface area (Å²) >= 11 is 0. The molecule has 0 aromatic heterocycles. The zero-order valence-corrected chi connectivity index (χ0v) is 23.9. The molecule has 0 unspecified atom stereocenters. The van der Waals surface area contributed by atoms with Gasteiger partial charge in [0.05, 0.1) is 36.4 Å². The van der Waals surface area contributed by atoms with E-state index in [9.17, 15) is 25.6 Å². The van der Waals surface area contributed by atoms with Crippen LogP contribution in [-0.2, 0) is 28.6 Å². The predicted octanol–water partition coefficient (Wildman–Crippen LogP) is 6.95. The van der Waals surface area contributed by atoms with Crippen molar-refractivity contribution in [2.75, 3.05) is 26.6 Å². The minimum atomic E-state index is -3.54. The molecule has 208 valence electrons. The summed E-state index contributed by atoms with van der Waals surface area (Å²) < 4.78 is 76.9. The first-order chi connectivity index (χ1) is 16.9. The largest absolute Gasteiger partial charge is 0.296 e. The van der Waals surface area contributed by atoms with E-state index in [-0.39, 0.29) is 36.4 Å². The van der Waals surface area contributed by atoms with Crippen molar-refractivity contribution in [2.24, 2.45) is 0 Å². The van der Waals surface area contributed by atoms with Crippen molar-refractivity contribution in [2.45, 2.75) is 77.0 Å². The van der Waals surface area contributed by atoms with Crippen LogP contribution in [0.1, 0.15) is 64.5 Å². The first kappa shape index (κ1) is 36.3. The quantitative estimate of drug-likeness (QED) is 0.298. The van der Waals surface area contributed by atoms with Gasteiger partial charge in [0.25, 0.3) is 20.2 Å². The Balaban J connectivity index is 0. The Morgan fingerprint density at radius 1 is 0.556 bits per heavy atom. The smallest absolute Gasteiger partial charge is 0.266 e. The maximum atomic E-state index is 11.5. The van der Waals surface area contributed by atoms with E-state index >= 15 is 0 Å². The maximum Gasteiger partial charge on any atom is 0.296 e. The summed E-state index contributed by atoms with van der Waals surface area (Å²) in [5.41, 5.74) is 2.05. The number of alkyl halides is 2. The van der Waals surface area contributed by atoms with Crippen LogP contribution < -0.4 is 0 Å². The average molecular weight is 551 g/mol. The molecule has 36 heavy (non-hydrogen) atoms. The van der Waals surface area contributed by atoms with Gasteiger partial charge in [-0.05, 0) is 63.8 Å². The molecule has 10 heteroatoms. The lowest BCUT2D eigenvalue weighted by Crippen LogP contribution is -2.06. The van der Waals surface area contributed by atoms with E-state index in [1.54, 1.807) is 62.4 Å². The summed E-state index contributed by atoms with van der Waals surface area (Å²) in [7, 11) is -7.08. The highest BCUT2D eigenvalue weighted by atomic mass is 32.2. The molecule has 0 aliphatic rings. The van der Waals surface area contributed by atoms with Crippen molar-refractivity contribution in [3.63, 3.8) is 0 Å². The molecule has 0 atom stereocenters. The third kappa shape index (κ3) is 17.5. The molecule has 2 aromatic carbocycles. The second-order valence-corrected chi connectivity index (χ2v) is 10.8. The molecule has 0 fully saturated rings. The van der Waals surface area contributed by atoms with Gasteiger partial charge >= 0.3 is 0 Å². The van der Waals surface area contributed by atoms with E-state index in [1.807, 2.05) is 27.7 Å². The Morgan fingerprint density at radius 2 is 0.806 bits per heavy atom. The topological polar surface area (TPSA) is 86.7 Å². The lowest BCUT2D eigenvalue weighted by atomic mass is 10.2. The number of benzene rings is 2. The molecule has 0 bridgehead atoms. The fourth-order valence-electron chi connectivity index (χ4n) is 1.93. The van der Waals surface area contributed by atoms with Crippen molar-refractivity contribution in [3.8, 4) is 0 Å². The molecule has 0 saturated carbocycles. The van der Waals surface area contributed by atoms with Crippen LogP contribution in [0.25, 0.3) is 0 Å². The predicted molar refractivity (Wildman–Crippen MR) is 142 cm³/mol. The average Bonchev–Trinajstić information content (AvgIpc) is 2.87. The first-order valence-electron chi connectivity index (χ1n) is 12.0. The standard InChI is InChI=1S/2C10H14O3S.2C3H7F/c2*1-3-8-13-14(11,12)10-6-4-9(2)5-7-10;2*1-2-3-4/h2*4-7H,3,8H2,1-2H3;2*2-3H2,1H3/i;;2*4-1. The molecule has 0 radical (unpaired) electrons. The summed E-state index contributed by atoms with van der Waals surface area (Å²) in [6.07, 6.45) is 2.68. The highest BCUT2D eigenvalue weighted by Gasteiger charge is 2.14. The van der Waals surface area contributed by atoms with Crippen molar-refractivity contribution in [1.29, 1.82) is 0 Å². The molecule has 0 aliphatic carbocycles. The number of halogens is 2. The van der Waals surface area contributed by atoms with Crippen molar-refractivity contribution in [3.05, 3.63) is 59.7 Å². The molecule has 0 aliphatic heterocycles. The van der Waals surface area contributed by atoms with Crippen molar-refractivity contribution >= 4 is 20.2 Å². The molecular weight excluding hydrogens is 508 g/mol. The summed E-state index contributed by atoms with van der Waals surface area (Å²) in [5.74, 6) is 0. The monoisotopic (exact) mass is 550 g/mol. The number of hydrogen-bond acceptors (Lipinski definition) is 6. The second-order valence-electron chi connectivity index (χ2n) is 7.56. The Kier molecular flexibility index (Phi) is 21.4. The van der Waals surface area contributed by atoms with Gasteiger partial charge in [-0.25, -0.2) is 0 Å². The number of aryl methyl sites for hydroxylation is 2. The summed E-state index contributed by atoms with van der Waals surface area (Å²) in [6, 6.07) is 13.2. The van der Waals surface area contributed by atoms with E-state index in [0.29, 0.717) is 25.7 Å². The Morgan fingerprint density at radius 3 is 1.00 bits per heavy atom. The molecular formula is C26H42F2O6S2. The SMILES string of the molecule is CCCOS(=O)(=O)c1ccc(C)cc1.CCCOS(=O)(=O)c1ccc(C)cc1.CCC[18F].CCC[18F]. The second kappa shape index (κ2) is 21.2. The highest BCUT2D eigenvalue weighted by Crippen LogP contribution is 2.14. The summed E-state index contributed by atoms with van der Waals surface area (Å²) in [4.78, 5) is 0.438. The van der Waals surface area contributed by atoms with Crippen LogP contribution in [0.5, 0.6) is 0 Å². The normalized spacial score (nSPS) is 10.7. The van der Waals surface area contributed by atoms with Gasteiger partial charge in [0, 0.05) is 0 Å². The molecule has 2 aromatic rings. The Hall–Kier alpha value is -1.88. The third-order valence-electron chi connectivity index (χ3n) is 3.88. The van der Waals surface area contributed by atoms with E-state index in [4.69, 9.17) is 8.37 Å². The number of hydrogen-bond donors (Lipinski definition) is 0. The Labute approximate surface area is 217 Å². The molecule has 0 spiro atoms. The molecule has 2 rings (SSSR count). The molecule has 0 amide bonds. The number of rotatable bonds is 10. The molecule has 0 saturated heterocycles. The van der Waals surface area contributed by atoms with Gasteiger partial charge in [0.1, 0.15) is 0 Å². The van der Waals surface area contributed by atoms with E-state index in [0.717, 1.165) is 11.1 Å². The highest BCUT2D eigenvalue weighted by molar-refractivity contribution is 7.87. The van der Waals surface area contributed by atoms with Crippen LogP contribution in [0.2, 0.25) is 0 Å². The van der Waals surface area contributed by atoms with Gasteiger partial charge < -0.3 is 0 Å². The van der Waals surface area contributed by atoms with Gasteiger partial charge in [-0.15, -0.1) is 0 Å². The van der Waals surface area contributed by atoms with Gasteiger partial charge in [0.2, 0.25) is 0 Å². The van der Waals surface area contributed by atoms with Gasteiger partial charge in [-0.1, -0.05) is 63.1 Å². The van der Waals surface area contributed by atoms with Gasteiger partial charge in [-0.2, -0.15) is 16.8 Å². The fourth-order valence-corrected chi connectivity index (χ4v) is 3.92. The van der Waals surface area contributed by atoms with Crippen molar-refractivity contribution < 1.29 is 34.0 Å². The van der Waals surface area contributed by atoms with Crippen molar-refractivity contribution in [1.82, 2.24) is 0 Å². The van der Waals surface area contributed by atoms with Crippen LogP contribution in [0.4, 0.5) is 8.78 Å². The van der Waals surface area contributed by atoms with Crippen LogP contribution in [0.15, 0.2) is 58.3 Å². The van der Waals surface area contributed by atoms with E-state index in [1.165, 1.54) is 0 Å². The first-order valence-corrected chi connectivity index (χ1v) is 14.8. The fraction of sp³-hybridized carbons (Fsp3) is 0.538. The van der Waals surface area contributed by atoms with Crippen LogP contribution >= 0.6 is 0 Å². The zero-order valence-electron chi connectivity index (χ0n) is 22.3. The maximum absolute atomic E-state index is 11.5. The lowest BCUT2D eigenvalue weighted by Gasteiger charge is -2.04. The molecule has 0 heterocycles. The lowest BCUT2D eigenvalue weighted by molar-refractivity contribution is 0.317. The molecule has 6 nitrogen and oxygen atoms in total. The van der Waals surface area contributed by atoms with Crippen LogP contribution in [0.3, 0.4) is 0 Å². The van der Waals surface area contributed by atoms with Gasteiger partial charge in [-0.3, -0.25) is 17.1 Å². The van der Waals surface area contributed by atoms with E-state index in [2.05, 4.69) is 0 Å². The third-order valence-corrected chi connectivity index (χ3v) is 6.54. The molecule has 0 N–H and O–H groups in total. The van der Waals surface area contributed by atoms with E-state index < -0.39 is 20.2 Å². The summed E-state index contributed by atoms with van der Waals surface area (Å²) in [6.45, 7) is 11.3. The van der Waals surface area contributed by atoms with Crippen LogP contribution in [-0.4, -0.2) is 43.4 Å².